The van der Waals surface area contributed by atoms with Crippen molar-refractivity contribution in [1.82, 2.24) is 4.90 Å². The summed E-state index contributed by atoms with van der Waals surface area (Å²) >= 11 is 6.21. The van der Waals surface area contributed by atoms with Gasteiger partial charge in [-0.05, 0) is 6.07 Å². The van der Waals surface area contributed by atoms with Crippen molar-refractivity contribution in [2.75, 3.05) is 19.7 Å². The van der Waals surface area contributed by atoms with Crippen LogP contribution in [-0.2, 0) is 11.2 Å². The molecule has 1 amide bonds. The van der Waals surface area contributed by atoms with Gasteiger partial charge in [0.25, 0.3) is 5.91 Å². The third kappa shape index (κ3) is 3.55. The minimum atomic E-state index is -1.10. The molecule has 1 aliphatic rings. The van der Waals surface area contributed by atoms with Crippen LogP contribution in [0, 0.1) is 0 Å². The molecule has 0 saturated carbocycles. The summed E-state index contributed by atoms with van der Waals surface area (Å²) in [7, 11) is 0. The Hall–Kier alpha value is -2.31. The maximum atomic E-state index is 12.7. The summed E-state index contributed by atoms with van der Waals surface area (Å²) in [5.41, 5.74) is 0.850. The van der Waals surface area contributed by atoms with Crippen molar-refractivity contribution in [3.8, 4) is 0 Å². The molecule has 0 radical (unpaired) electrons. The smallest absolute Gasteiger partial charge is 0.339 e. The van der Waals surface area contributed by atoms with Gasteiger partial charge in [0.1, 0.15) is 17.4 Å². The first-order valence-electron chi connectivity index (χ1n) is 8.02. The Labute approximate surface area is 149 Å². The number of carboxylic acids is 1. The zero-order valence-electron chi connectivity index (χ0n) is 13.7. The summed E-state index contributed by atoms with van der Waals surface area (Å²) in [6.45, 7) is 2.88. The number of nitrogens with zero attached hydrogens (tertiary/aromatic N) is 1. The average Bonchev–Trinajstić information content (AvgIpc) is 3.06. The summed E-state index contributed by atoms with van der Waals surface area (Å²) in [5.74, 6) is -1.11. The highest BCUT2D eigenvalue weighted by atomic mass is 35.5. The van der Waals surface area contributed by atoms with Gasteiger partial charge in [0.2, 0.25) is 0 Å². The molecule has 1 atom stereocenters. The molecule has 6 nitrogen and oxygen atoms in total. The molecule has 1 unspecified atom stereocenters. The van der Waals surface area contributed by atoms with Gasteiger partial charge < -0.3 is 19.2 Å². The fourth-order valence-electron chi connectivity index (χ4n) is 2.89. The Kier molecular flexibility index (Phi) is 5.11. The summed E-state index contributed by atoms with van der Waals surface area (Å²) in [4.78, 5) is 25.6. The maximum Gasteiger partial charge on any atom is 0.339 e. The lowest BCUT2D eigenvalue weighted by atomic mass is 10.1. The highest BCUT2D eigenvalue weighted by Crippen LogP contribution is 2.29. The fourth-order valence-corrected chi connectivity index (χ4v) is 3.15. The van der Waals surface area contributed by atoms with Gasteiger partial charge >= 0.3 is 5.97 Å². The predicted octanol–water partition coefficient (Wildman–Crippen LogP) is 3.41. The van der Waals surface area contributed by atoms with Crippen molar-refractivity contribution in [2.45, 2.75) is 19.4 Å². The molecular weight excluding hydrogens is 346 g/mol. The molecule has 7 heteroatoms. The third-order valence-corrected chi connectivity index (χ3v) is 4.52. The van der Waals surface area contributed by atoms with Gasteiger partial charge in [0, 0.05) is 29.6 Å². The number of hydrogen-bond donors (Lipinski definition) is 1. The lowest BCUT2D eigenvalue weighted by Crippen LogP contribution is -2.42. The van der Waals surface area contributed by atoms with E-state index in [4.69, 9.17) is 20.8 Å². The number of hydrogen-bond acceptors (Lipinski definition) is 4. The number of furan rings is 1. The van der Waals surface area contributed by atoms with Crippen molar-refractivity contribution in [3.63, 3.8) is 0 Å². The van der Waals surface area contributed by atoms with Crippen LogP contribution in [0.2, 0.25) is 5.02 Å². The molecule has 1 aromatic heterocycles. The number of ether oxygens (including phenoxy) is 1. The van der Waals surface area contributed by atoms with Crippen LogP contribution in [0.25, 0.3) is 0 Å². The fraction of sp³-hybridized carbons (Fsp3) is 0.333. The number of carbonyl (C=O) groups is 2. The number of morpholine rings is 1. The van der Waals surface area contributed by atoms with Crippen LogP contribution in [0.4, 0.5) is 0 Å². The number of carbonyl (C=O) groups excluding carboxylic acids is 1. The Balaban J connectivity index is 1.81. The van der Waals surface area contributed by atoms with E-state index in [1.165, 1.54) is 6.07 Å². The molecular formula is C18H18ClNO5. The summed E-state index contributed by atoms with van der Waals surface area (Å²) in [6.07, 6.45) is 0.0752. The predicted molar refractivity (Wildman–Crippen MR) is 91.1 cm³/mol. The Morgan fingerprint density at radius 3 is 2.76 bits per heavy atom. The van der Waals surface area contributed by atoms with E-state index in [1.54, 1.807) is 17.9 Å². The standard InChI is InChI=1S/C18H18ClNO5/c1-2-14-12(18(22)23)9-15(25-14)17(21)20-7-8-24-16(10-20)11-5-3-4-6-13(11)19/h3-6,9,16H,2,7-8,10H2,1H3,(H,22,23). The summed E-state index contributed by atoms with van der Waals surface area (Å²) < 4.78 is 11.2. The van der Waals surface area contributed by atoms with E-state index in [2.05, 4.69) is 0 Å². The van der Waals surface area contributed by atoms with Crippen LogP contribution in [0.3, 0.4) is 0 Å². The first kappa shape index (κ1) is 17.5. The van der Waals surface area contributed by atoms with Gasteiger partial charge in [0.05, 0.1) is 13.2 Å². The lowest BCUT2D eigenvalue weighted by molar-refractivity contribution is -0.0237. The molecule has 1 saturated heterocycles. The van der Waals surface area contributed by atoms with E-state index in [9.17, 15) is 14.7 Å². The molecule has 2 aromatic rings. The number of aromatic carboxylic acids is 1. The van der Waals surface area contributed by atoms with Gasteiger partial charge in [0.15, 0.2) is 5.76 Å². The molecule has 3 rings (SSSR count). The SMILES string of the molecule is CCc1oc(C(=O)N2CCOC(c3ccccc3Cl)C2)cc1C(=O)O. The molecule has 0 spiro atoms. The second-order valence-corrected chi connectivity index (χ2v) is 6.15. The second kappa shape index (κ2) is 7.29. The molecule has 0 aliphatic carbocycles. The quantitative estimate of drug-likeness (QED) is 0.900. The number of halogens is 1. The largest absolute Gasteiger partial charge is 0.478 e. The van der Waals surface area contributed by atoms with Gasteiger partial charge in [-0.25, -0.2) is 4.79 Å². The molecule has 1 N–H and O–H groups in total. The average molecular weight is 364 g/mol. The first-order valence-corrected chi connectivity index (χ1v) is 8.40. The molecule has 1 fully saturated rings. The van der Waals surface area contributed by atoms with E-state index >= 15 is 0 Å². The molecule has 132 valence electrons. The minimum Gasteiger partial charge on any atom is -0.478 e. The number of amides is 1. The van der Waals surface area contributed by atoms with Crippen LogP contribution >= 0.6 is 11.6 Å². The van der Waals surface area contributed by atoms with Gasteiger partial charge in [-0.2, -0.15) is 0 Å². The van der Waals surface area contributed by atoms with Gasteiger partial charge in [-0.3, -0.25) is 4.79 Å². The number of benzene rings is 1. The molecule has 25 heavy (non-hydrogen) atoms. The van der Waals surface area contributed by atoms with Crippen molar-refractivity contribution < 1.29 is 23.8 Å². The highest BCUT2D eigenvalue weighted by molar-refractivity contribution is 6.31. The topological polar surface area (TPSA) is 80.0 Å². The van der Waals surface area contributed by atoms with Crippen LogP contribution in [0.5, 0.6) is 0 Å². The van der Waals surface area contributed by atoms with E-state index in [0.717, 1.165) is 5.56 Å². The molecule has 2 heterocycles. The van der Waals surface area contributed by atoms with E-state index in [1.807, 2.05) is 18.2 Å². The molecule has 1 aromatic carbocycles. The van der Waals surface area contributed by atoms with Crippen LogP contribution in [0.1, 0.15) is 45.3 Å². The van der Waals surface area contributed by atoms with Gasteiger partial charge in [-0.1, -0.05) is 36.7 Å². The van der Waals surface area contributed by atoms with Crippen LogP contribution in [0.15, 0.2) is 34.7 Å². The van der Waals surface area contributed by atoms with Crippen molar-refractivity contribution >= 4 is 23.5 Å². The zero-order chi connectivity index (χ0) is 18.0. The van der Waals surface area contributed by atoms with Crippen molar-refractivity contribution in [1.29, 1.82) is 0 Å². The van der Waals surface area contributed by atoms with Gasteiger partial charge in [-0.15, -0.1) is 0 Å². The highest BCUT2D eigenvalue weighted by Gasteiger charge is 2.30. The Bertz CT molecular complexity index is 801. The van der Waals surface area contributed by atoms with Crippen molar-refractivity contribution in [2.24, 2.45) is 0 Å². The van der Waals surface area contributed by atoms with Crippen LogP contribution in [-0.4, -0.2) is 41.6 Å². The normalized spacial score (nSPS) is 17.5. The monoisotopic (exact) mass is 363 g/mol. The number of rotatable bonds is 4. The Morgan fingerprint density at radius 2 is 2.12 bits per heavy atom. The molecule has 1 aliphatic heterocycles. The van der Waals surface area contributed by atoms with E-state index in [-0.39, 0.29) is 23.3 Å². The Morgan fingerprint density at radius 1 is 1.36 bits per heavy atom. The first-order chi connectivity index (χ1) is 12.0. The molecule has 0 bridgehead atoms. The lowest BCUT2D eigenvalue weighted by Gasteiger charge is -2.33. The summed E-state index contributed by atoms with van der Waals surface area (Å²) in [5, 5.41) is 9.79. The maximum absolute atomic E-state index is 12.7. The zero-order valence-corrected chi connectivity index (χ0v) is 14.5. The van der Waals surface area contributed by atoms with Crippen LogP contribution < -0.4 is 0 Å². The van der Waals surface area contributed by atoms with E-state index in [0.29, 0.717) is 36.9 Å². The van der Waals surface area contributed by atoms with E-state index < -0.39 is 5.97 Å². The number of carboxylic acid groups (broad SMARTS) is 1. The second-order valence-electron chi connectivity index (χ2n) is 5.74. The number of aryl methyl sites for hydroxylation is 1. The minimum absolute atomic E-state index is 0.0294. The third-order valence-electron chi connectivity index (χ3n) is 4.18. The summed E-state index contributed by atoms with van der Waals surface area (Å²) in [6, 6.07) is 8.64. The van der Waals surface area contributed by atoms with Crippen molar-refractivity contribution in [3.05, 3.63) is 58.0 Å².